The minimum Gasteiger partial charge on any atom is -0.292 e. The molecule has 26 heavy (non-hydrogen) atoms. The molecule has 7 heteroatoms. The second kappa shape index (κ2) is 8.42. The Hall–Kier alpha value is -2.25. The third-order valence-corrected chi connectivity index (χ3v) is 5.59. The molecule has 2 aromatic heterocycles. The SMILES string of the molecule is C/C(=C\c1sc(-c2nccs2)nc1C(=O)CCc1ccc(F)cc1)CF. The number of aromatic nitrogens is 2. The normalized spacial score (nSPS) is 11.7. The second-order valence-corrected chi connectivity index (χ2v) is 7.67. The first kappa shape index (κ1) is 18.5. The molecule has 0 N–H and O–H groups in total. The van der Waals surface area contributed by atoms with E-state index < -0.39 is 6.67 Å². The predicted octanol–water partition coefficient (Wildman–Crippen LogP) is 5.59. The molecule has 3 aromatic rings. The molecule has 0 unspecified atom stereocenters. The number of aryl methyl sites for hydroxylation is 1. The van der Waals surface area contributed by atoms with Gasteiger partial charge in [0.2, 0.25) is 0 Å². The van der Waals surface area contributed by atoms with Gasteiger partial charge in [-0.15, -0.1) is 22.7 Å². The van der Waals surface area contributed by atoms with Gasteiger partial charge < -0.3 is 0 Å². The van der Waals surface area contributed by atoms with Crippen LogP contribution < -0.4 is 0 Å². The van der Waals surface area contributed by atoms with E-state index in [2.05, 4.69) is 9.97 Å². The highest BCUT2D eigenvalue weighted by molar-refractivity contribution is 7.21. The fourth-order valence-electron chi connectivity index (χ4n) is 2.34. The molecule has 0 aliphatic rings. The highest BCUT2D eigenvalue weighted by Gasteiger charge is 2.19. The van der Waals surface area contributed by atoms with Gasteiger partial charge in [0.05, 0.1) is 4.88 Å². The highest BCUT2D eigenvalue weighted by Crippen LogP contribution is 2.31. The highest BCUT2D eigenvalue weighted by atomic mass is 32.1. The Morgan fingerprint density at radius 1 is 1.23 bits per heavy atom. The maximum atomic E-state index is 13.0. The number of halogens is 2. The molecular formula is C19H16F2N2OS2. The summed E-state index contributed by atoms with van der Waals surface area (Å²) >= 11 is 2.78. The molecule has 0 saturated heterocycles. The molecule has 0 fully saturated rings. The summed E-state index contributed by atoms with van der Waals surface area (Å²) in [7, 11) is 0. The molecule has 0 amide bonds. The summed E-state index contributed by atoms with van der Waals surface area (Å²) in [5, 5.41) is 3.23. The smallest absolute Gasteiger partial charge is 0.183 e. The number of nitrogens with zero attached hydrogens (tertiary/aromatic N) is 2. The molecule has 3 nitrogen and oxygen atoms in total. The minimum absolute atomic E-state index is 0.119. The molecule has 0 atom stereocenters. The molecule has 0 aliphatic heterocycles. The van der Waals surface area contributed by atoms with Crippen LogP contribution in [0, 0.1) is 5.82 Å². The molecule has 0 radical (unpaired) electrons. The zero-order valence-corrected chi connectivity index (χ0v) is 15.7. The number of hydrogen-bond acceptors (Lipinski definition) is 5. The van der Waals surface area contributed by atoms with Gasteiger partial charge in [0.15, 0.2) is 15.8 Å². The van der Waals surface area contributed by atoms with Crippen molar-refractivity contribution in [2.24, 2.45) is 0 Å². The second-order valence-electron chi connectivity index (χ2n) is 5.74. The van der Waals surface area contributed by atoms with Gasteiger partial charge in [-0.2, -0.15) is 0 Å². The molecule has 0 bridgehead atoms. The topological polar surface area (TPSA) is 42.9 Å². The summed E-state index contributed by atoms with van der Waals surface area (Å²) in [5.74, 6) is -0.423. The average Bonchev–Trinajstić information content (AvgIpc) is 3.30. The predicted molar refractivity (Wildman–Crippen MR) is 102 cm³/mol. The summed E-state index contributed by atoms with van der Waals surface area (Å²) in [6, 6.07) is 6.08. The van der Waals surface area contributed by atoms with Crippen LogP contribution in [0.15, 0.2) is 41.4 Å². The average molecular weight is 390 g/mol. The van der Waals surface area contributed by atoms with Crippen LogP contribution in [-0.4, -0.2) is 22.4 Å². The van der Waals surface area contributed by atoms with Gasteiger partial charge in [-0.05, 0) is 42.7 Å². The van der Waals surface area contributed by atoms with E-state index in [-0.39, 0.29) is 18.0 Å². The van der Waals surface area contributed by atoms with E-state index in [4.69, 9.17) is 0 Å². The van der Waals surface area contributed by atoms with Gasteiger partial charge in [-0.1, -0.05) is 12.1 Å². The summed E-state index contributed by atoms with van der Waals surface area (Å²) in [4.78, 5) is 22.0. The first-order chi connectivity index (χ1) is 12.6. The number of carbonyl (C=O) groups excluding carboxylic acids is 1. The Morgan fingerprint density at radius 3 is 2.65 bits per heavy atom. The fraction of sp³-hybridized carbons (Fsp3) is 0.211. The van der Waals surface area contributed by atoms with Crippen molar-refractivity contribution in [3.05, 3.63) is 63.4 Å². The Labute approximate surface area is 158 Å². The number of carbonyl (C=O) groups is 1. The van der Waals surface area contributed by atoms with E-state index in [1.54, 1.807) is 31.3 Å². The van der Waals surface area contributed by atoms with Crippen molar-refractivity contribution in [3.63, 3.8) is 0 Å². The van der Waals surface area contributed by atoms with Crippen molar-refractivity contribution in [1.29, 1.82) is 0 Å². The number of Topliss-reactive ketones (excluding diaryl/α,β-unsaturated/α-hetero) is 1. The van der Waals surface area contributed by atoms with Gasteiger partial charge in [0.25, 0.3) is 0 Å². The van der Waals surface area contributed by atoms with E-state index in [1.165, 1.54) is 34.8 Å². The van der Waals surface area contributed by atoms with Crippen molar-refractivity contribution >= 4 is 34.5 Å². The quantitative estimate of drug-likeness (QED) is 0.494. The van der Waals surface area contributed by atoms with Crippen molar-refractivity contribution in [2.45, 2.75) is 19.8 Å². The number of thiazole rings is 2. The maximum Gasteiger partial charge on any atom is 0.183 e. The van der Waals surface area contributed by atoms with Gasteiger partial charge in [0.1, 0.15) is 18.2 Å². The first-order valence-electron chi connectivity index (χ1n) is 7.98. The van der Waals surface area contributed by atoms with E-state index in [0.29, 0.717) is 27.6 Å². The zero-order valence-electron chi connectivity index (χ0n) is 14.0. The number of hydrogen-bond donors (Lipinski definition) is 0. The molecule has 1 aromatic carbocycles. The van der Waals surface area contributed by atoms with Crippen LogP contribution in [0.25, 0.3) is 16.1 Å². The van der Waals surface area contributed by atoms with Crippen molar-refractivity contribution in [1.82, 2.24) is 9.97 Å². The maximum absolute atomic E-state index is 13.0. The number of benzene rings is 1. The molecule has 3 rings (SSSR count). The summed E-state index contributed by atoms with van der Waals surface area (Å²) in [5.41, 5.74) is 1.76. The minimum atomic E-state index is -0.576. The van der Waals surface area contributed by atoms with Crippen LogP contribution in [0.1, 0.15) is 34.3 Å². The zero-order chi connectivity index (χ0) is 18.5. The lowest BCUT2D eigenvalue weighted by molar-refractivity contribution is 0.0978. The van der Waals surface area contributed by atoms with E-state index in [9.17, 15) is 13.6 Å². The number of allylic oxidation sites excluding steroid dienone is 1. The first-order valence-corrected chi connectivity index (χ1v) is 9.68. The largest absolute Gasteiger partial charge is 0.292 e. The van der Waals surface area contributed by atoms with Crippen molar-refractivity contribution in [3.8, 4) is 10.0 Å². The lowest BCUT2D eigenvalue weighted by Gasteiger charge is -2.01. The summed E-state index contributed by atoms with van der Waals surface area (Å²) in [6.45, 7) is 1.10. The van der Waals surface area contributed by atoms with Crippen LogP contribution in [0.3, 0.4) is 0 Å². The van der Waals surface area contributed by atoms with Crippen LogP contribution in [0.2, 0.25) is 0 Å². The third kappa shape index (κ3) is 4.47. The van der Waals surface area contributed by atoms with E-state index >= 15 is 0 Å². The fourth-order valence-corrected chi connectivity index (χ4v) is 4.13. The molecule has 0 saturated carbocycles. The molecule has 0 aliphatic carbocycles. The number of alkyl halides is 1. The van der Waals surface area contributed by atoms with E-state index in [0.717, 1.165) is 10.6 Å². The third-order valence-electron chi connectivity index (χ3n) is 3.68. The van der Waals surface area contributed by atoms with E-state index in [1.807, 2.05) is 5.38 Å². The molecule has 0 spiro atoms. The van der Waals surface area contributed by atoms with Crippen LogP contribution in [0.5, 0.6) is 0 Å². The van der Waals surface area contributed by atoms with Gasteiger partial charge in [0, 0.05) is 18.0 Å². The monoisotopic (exact) mass is 390 g/mol. The van der Waals surface area contributed by atoms with Crippen molar-refractivity contribution < 1.29 is 13.6 Å². The Kier molecular flexibility index (Phi) is 6.00. The van der Waals surface area contributed by atoms with Crippen LogP contribution >= 0.6 is 22.7 Å². The number of ketones is 1. The Bertz CT molecular complexity index is 916. The van der Waals surface area contributed by atoms with Crippen molar-refractivity contribution in [2.75, 3.05) is 6.67 Å². The van der Waals surface area contributed by atoms with Gasteiger partial charge in [-0.3, -0.25) is 4.79 Å². The van der Waals surface area contributed by atoms with Crippen LogP contribution in [0.4, 0.5) is 8.78 Å². The molecular weight excluding hydrogens is 374 g/mol. The summed E-state index contributed by atoms with van der Waals surface area (Å²) < 4.78 is 25.9. The lowest BCUT2D eigenvalue weighted by atomic mass is 10.1. The summed E-state index contributed by atoms with van der Waals surface area (Å²) in [6.07, 6.45) is 4.09. The Balaban J connectivity index is 1.84. The molecule has 134 valence electrons. The lowest BCUT2D eigenvalue weighted by Crippen LogP contribution is -2.04. The number of rotatable bonds is 7. The molecule has 2 heterocycles. The van der Waals surface area contributed by atoms with Crippen LogP contribution in [-0.2, 0) is 6.42 Å². The Morgan fingerprint density at radius 2 is 2.00 bits per heavy atom. The standard InChI is InChI=1S/C19H16F2N2OS2/c1-12(11-20)10-16-17(23-19(26-16)18-22-8-9-25-18)15(24)7-4-13-2-5-14(21)6-3-13/h2-3,5-6,8-10H,4,7,11H2,1H3/b12-10+. The van der Waals surface area contributed by atoms with Gasteiger partial charge in [-0.25, -0.2) is 18.7 Å². The van der Waals surface area contributed by atoms with Gasteiger partial charge >= 0.3 is 0 Å².